The first kappa shape index (κ1) is 18.5. The summed E-state index contributed by atoms with van der Waals surface area (Å²) in [4.78, 5) is 34.8. The molecule has 1 fully saturated rings. The van der Waals surface area contributed by atoms with Gasteiger partial charge in [0.1, 0.15) is 5.75 Å². The highest BCUT2D eigenvalue weighted by Gasteiger charge is 2.18. The lowest BCUT2D eigenvalue weighted by Crippen LogP contribution is -2.44. The number of ether oxygens (including phenoxy) is 2. The van der Waals surface area contributed by atoms with Crippen molar-refractivity contribution in [2.75, 3.05) is 13.7 Å². The quantitative estimate of drug-likeness (QED) is 0.607. The molecule has 2 N–H and O–H groups in total. The van der Waals surface area contributed by atoms with Crippen molar-refractivity contribution in [3.05, 3.63) is 35.9 Å². The van der Waals surface area contributed by atoms with E-state index in [0.29, 0.717) is 5.75 Å². The zero-order chi connectivity index (χ0) is 18.1. The summed E-state index contributed by atoms with van der Waals surface area (Å²) < 4.78 is 9.84. The molecule has 1 aromatic carbocycles. The molecule has 0 saturated heterocycles. The van der Waals surface area contributed by atoms with Crippen LogP contribution in [0.4, 0.5) is 4.79 Å². The number of hydrogen-bond donors (Lipinski definition) is 2. The van der Waals surface area contributed by atoms with Crippen LogP contribution in [-0.4, -0.2) is 37.7 Å². The summed E-state index contributed by atoms with van der Waals surface area (Å²) in [6.45, 7) is -0.510. The number of carbonyl (C=O) groups excluding carboxylic acids is 3. The second-order valence-corrected chi connectivity index (χ2v) is 5.72. The number of urea groups is 1. The van der Waals surface area contributed by atoms with Gasteiger partial charge in [-0.2, -0.15) is 0 Å². The minimum absolute atomic E-state index is 0.114. The minimum atomic E-state index is -0.665. The fraction of sp³-hybridized carbons (Fsp3) is 0.389. The Morgan fingerprint density at radius 3 is 2.48 bits per heavy atom. The third-order valence-electron chi connectivity index (χ3n) is 3.82. The maximum absolute atomic E-state index is 11.6. The van der Waals surface area contributed by atoms with Gasteiger partial charge in [0.2, 0.25) is 0 Å². The molecule has 3 amide bonds. The Bertz CT molecular complexity index is 633. The van der Waals surface area contributed by atoms with E-state index >= 15 is 0 Å². The Morgan fingerprint density at radius 2 is 1.84 bits per heavy atom. The van der Waals surface area contributed by atoms with Crippen LogP contribution in [0.3, 0.4) is 0 Å². The van der Waals surface area contributed by atoms with E-state index in [1.807, 2.05) is 0 Å². The maximum Gasteiger partial charge on any atom is 0.331 e. The maximum atomic E-state index is 11.6. The summed E-state index contributed by atoms with van der Waals surface area (Å²) in [5, 5.41) is 4.86. The monoisotopic (exact) mass is 346 g/mol. The average Bonchev–Trinajstić information content (AvgIpc) is 3.11. The lowest BCUT2D eigenvalue weighted by Gasteiger charge is -2.12. The van der Waals surface area contributed by atoms with Crippen molar-refractivity contribution >= 4 is 24.0 Å². The SMILES string of the molecule is COc1ccc(/C=C/C(=O)OCC(=O)NC(=O)NC2CCCC2)cc1. The van der Waals surface area contributed by atoms with Gasteiger partial charge < -0.3 is 14.8 Å². The van der Waals surface area contributed by atoms with Crippen molar-refractivity contribution in [1.82, 2.24) is 10.6 Å². The first-order valence-electron chi connectivity index (χ1n) is 8.16. The molecular weight excluding hydrogens is 324 g/mol. The number of nitrogens with one attached hydrogen (secondary N) is 2. The first-order chi connectivity index (χ1) is 12.1. The summed E-state index contributed by atoms with van der Waals surface area (Å²) in [7, 11) is 1.57. The van der Waals surface area contributed by atoms with Gasteiger partial charge in [-0.1, -0.05) is 25.0 Å². The molecule has 1 aromatic rings. The van der Waals surface area contributed by atoms with Gasteiger partial charge in [0.15, 0.2) is 6.61 Å². The van der Waals surface area contributed by atoms with Crippen LogP contribution >= 0.6 is 0 Å². The van der Waals surface area contributed by atoms with Crippen LogP contribution in [0.15, 0.2) is 30.3 Å². The third-order valence-corrected chi connectivity index (χ3v) is 3.82. The Labute approximate surface area is 146 Å². The molecule has 1 saturated carbocycles. The molecule has 0 heterocycles. The molecule has 0 aliphatic heterocycles. The zero-order valence-corrected chi connectivity index (χ0v) is 14.1. The van der Waals surface area contributed by atoms with Gasteiger partial charge in [-0.25, -0.2) is 9.59 Å². The third kappa shape index (κ3) is 6.66. The van der Waals surface area contributed by atoms with E-state index in [9.17, 15) is 14.4 Å². The summed E-state index contributed by atoms with van der Waals surface area (Å²) in [6, 6.07) is 6.65. The number of esters is 1. The number of methoxy groups -OCH3 is 1. The fourth-order valence-electron chi connectivity index (χ4n) is 2.52. The van der Waals surface area contributed by atoms with Crippen molar-refractivity contribution < 1.29 is 23.9 Å². The fourth-order valence-corrected chi connectivity index (χ4v) is 2.52. The van der Waals surface area contributed by atoms with Crippen molar-refractivity contribution in [2.24, 2.45) is 0 Å². The van der Waals surface area contributed by atoms with Crippen molar-refractivity contribution in [3.8, 4) is 5.75 Å². The van der Waals surface area contributed by atoms with E-state index in [1.165, 1.54) is 6.08 Å². The summed E-state index contributed by atoms with van der Waals surface area (Å²) in [6.07, 6.45) is 6.79. The number of rotatable bonds is 6. The summed E-state index contributed by atoms with van der Waals surface area (Å²) >= 11 is 0. The molecule has 0 aromatic heterocycles. The standard InChI is InChI=1S/C18H22N2O5/c1-24-15-9-6-13(7-10-15)8-11-17(22)25-12-16(21)20-18(23)19-14-4-2-3-5-14/h6-11,14H,2-5,12H2,1H3,(H2,19,20,21,23)/b11-8+. The van der Waals surface area contributed by atoms with Crippen molar-refractivity contribution in [3.63, 3.8) is 0 Å². The Hall–Kier alpha value is -2.83. The molecule has 2 rings (SSSR count). The molecule has 0 atom stereocenters. The van der Waals surface area contributed by atoms with Gasteiger partial charge in [0, 0.05) is 12.1 Å². The van der Waals surface area contributed by atoms with E-state index in [4.69, 9.17) is 9.47 Å². The normalized spacial score (nSPS) is 14.3. The van der Waals surface area contributed by atoms with E-state index in [0.717, 1.165) is 31.2 Å². The number of amides is 3. The van der Waals surface area contributed by atoms with E-state index < -0.39 is 24.5 Å². The predicted octanol–water partition coefficient (Wildman–Crippen LogP) is 2.02. The van der Waals surface area contributed by atoms with Crippen LogP contribution in [0.25, 0.3) is 6.08 Å². The molecule has 1 aliphatic carbocycles. The average molecular weight is 346 g/mol. The Morgan fingerprint density at radius 1 is 1.16 bits per heavy atom. The molecule has 0 radical (unpaired) electrons. The molecule has 1 aliphatic rings. The van der Waals surface area contributed by atoms with Crippen LogP contribution in [0.1, 0.15) is 31.2 Å². The van der Waals surface area contributed by atoms with Crippen LogP contribution in [0.2, 0.25) is 0 Å². The van der Waals surface area contributed by atoms with Crippen LogP contribution in [0.5, 0.6) is 5.75 Å². The lowest BCUT2D eigenvalue weighted by molar-refractivity contribution is -0.143. The van der Waals surface area contributed by atoms with Crippen LogP contribution in [-0.2, 0) is 14.3 Å². The molecule has 7 nitrogen and oxygen atoms in total. The number of imide groups is 1. The van der Waals surface area contributed by atoms with E-state index in [2.05, 4.69) is 10.6 Å². The van der Waals surface area contributed by atoms with E-state index in [-0.39, 0.29) is 6.04 Å². The molecule has 0 spiro atoms. The van der Waals surface area contributed by atoms with Gasteiger partial charge in [-0.15, -0.1) is 0 Å². The summed E-state index contributed by atoms with van der Waals surface area (Å²) in [5.41, 5.74) is 0.790. The smallest absolute Gasteiger partial charge is 0.331 e. The number of carbonyl (C=O) groups is 3. The van der Waals surface area contributed by atoms with Gasteiger partial charge in [0.05, 0.1) is 7.11 Å². The Balaban J connectivity index is 1.68. The molecule has 7 heteroatoms. The van der Waals surface area contributed by atoms with E-state index in [1.54, 1.807) is 37.5 Å². The molecular formula is C18H22N2O5. The van der Waals surface area contributed by atoms with Gasteiger partial charge in [-0.3, -0.25) is 10.1 Å². The lowest BCUT2D eigenvalue weighted by atomic mass is 10.2. The van der Waals surface area contributed by atoms with Gasteiger partial charge >= 0.3 is 12.0 Å². The first-order valence-corrected chi connectivity index (χ1v) is 8.16. The molecule has 0 unspecified atom stereocenters. The van der Waals surface area contributed by atoms with Crippen LogP contribution < -0.4 is 15.4 Å². The topological polar surface area (TPSA) is 93.7 Å². The van der Waals surface area contributed by atoms with Gasteiger partial charge in [0.25, 0.3) is 5.91 Å². The Kier molecular flexibility index (Phi) is 7.00. The minimum Gasteiger partial charge on any atom is -0.497 e. The molecule has 0 bridgehead atoms. The predicted molar refractivity (Wildman–Crippen MR) is 91.9 cm³/mol. The summed E-state index contributed by atoms with van der Waals surface area (Å²) in [5.74, 6) is -0.615. The highest BCUT2D eigenvalue weighted by atomic mass is 16.5. The van der Waals surface area contributed by atoms with Crippen molar-refractivity contribution in [1.29, 1.82) is 0 Å². The zero-order valence-electron chi connectivity index (χ0n) is 14.1. The van der Waals surface area contributed by atoms with Crippen molar-refractivity contribution in [2.45, 2.75) is 31.7 Å². The van der Waals surface area contributed by atoms with Crippen LogP contribution in [0, 0.1) is 0 Å². The second kappa shape index (κ2) is 9.46. The molecule has 25 heavy (non-hydrogen) atoms. The highest BCUT2D eigenvalue weighted by molar-refractivity contribution is 5.96. The van der Waals surface area contributed by atoms with Gasteiger partial charge in [-0.05, 0) is 36.6 Å². The largest absolute Gasteiger partial charge is 0.497 e. The highest BCUT2D eigenvalue weighted by Crippen LogP contribution is 2.17. The number of hydrogen-bond acceptors (Lipinski definition) is 5. The second-order valence-electron chi connectivity index (χ2n) is 5.72. The molecule has 134 valence electrons. The number of benzene rings is 1.